The number of hydrogen-bond acceptors (Lipinski definition) is 6. The number of aryl methyl sites for hydroxylation is 2. The molecule has 26 heavy (non-hydrogen) atoms. The van der Waals surface area contributed by atoms with E-state index in [1.54, 1.807) is 17.8 Å². The van der Waals surface area contributed by atoms with Gasteiger partial charge in [0.2, 0.25) is 0 Å². The third-order valence-electron chi connectivity index (χ3n) is 4.03. The summed E-state index contributed by atoms with van der Waals surface area (Å²) in [5.41, 5.74) is 7.63. The first-order valence-corrected chi connectivity index (χ1v) is 9.46. The van der Waals surface area contributed by atoms with Crippen molar-refractivity contribution in [3.8, 4) is 0 Å². The first-order chi connectivity index (χ1) is 12.3. The average Bonchev–Trinajstić information content (AvgIpc) is 2.57. The highest BCUT2D eigenvalue weighted by Crippen LogP contribution is 2.22. The lowest BCUT2D eigenvalue weighted by atomic mass is 10.0. The number of fused-ring (bicyclic) bond motifs is 1. The van der Waals surface area contributed by atoms with Crippen LogP contribution < -0.4 is 16.7 Å². The number of benzene rings is 1. The summed E-state index contributed by atoms with van der Waals surface area (Å²) in [7, 11) is 0. The zero-order valence-electron chi connectivity index (χ0n) is 15.0. The van der Waals surface area contributed by atoms with E-state index in [9.17, 15) is 14.4 Å². The molecule has 140 valence electrons. The van der Waals surface area contributed by atoms with E-state index in [-0.39, 0.29) is 6.61 Å². The SMILES string of the molecule is CSCC[C@@H](NC(N)=O)C(=O)OCc1cc(=O)oc2cc(C)c(C)cc12. The highest BCUT2D eigenvalue weighted by Gasteiger charge is 2.21. The Morgan fingerprint density at radius 2 is 1.96 bits per heavy atom. The molecule has 0 aliphatic heterocycles. The summed E-state index contributed by atoms with van der Waals surface area (Å²) in [6.45, 7) is 3.78. The number of amides is 2. The van der Waals surface area contributed by atoms with E-state index in [0.29, 0.717) is 28.7 Å². The van der Waals surface area contributed by atoms with Crippen molar-refractivity contribution in [2.75, 3.05) is 12.0 Å². The third kappa shape index (κ3) is 5.01. The van der Waals surface area contributed by atoms with Gasteiger partial charge in [-0.05, 0) is 55.5 Å². The Morgan fingerprint density at radius 1 is 1.27 bits per heavy atom. The second-order valence-corrected chi connectivity index (χ2v) is 6.96. The zero-order valence-corrected chi connectivity index (χ0v) is 15.8. The van der Waals surface area contributed by atoms with Gasteiger partial charge in [0.1, 0.15) is 18.2 Å². The van der Waals surface area contributed by atoms with Gasteiger partial charge in [-0.15, -0.1) is 0 Å². The minimum absolute atomic E-state index is 0.0976. The van der Waals surface area contributed by atoms with Gasteiger partial charge in [-0.2, -0.15) is 11.8 Å². The van der Waals surface area contributed by atoms with Crippen LogP contribution in [-0.4, -0.2) is 30.1 Å². The predicted octanol–water partition coefficient (Wildman–Crippen LogP) is 2.24. The number of rotatable bonds is 7. The van der Waals surface area contributed by atoms with Gasteiger partial charge < -0.3 is 20.2 Å². The van der Waals surface area contributed by atoms with Crippen molar-refractivity contribution in [3.63, 3.8) is 0 Å². The monoisotopic (exact) mass is 378 g/mol. The van der Waals surface area contributed by atoms with Crippen LogP contribution in [-0.2, 0) is 16.1 Å². The standard InChI is InChI=1S/C18H22N2O5S/c1-10-6-13-12(8-16(21)25-15(13)7-11(10)2)9-24-17(22)14(4-5-26-3)20-18(19)23/h6-8,14H,4-5,9H2,1-3H3,(H3,19,20,23)/t14-/m1/s1. The Hall–Kier alpha value is -2.48. The smallest absolute Gasteiger partial charge is 0.336 e. The van der Waals surface area contributed by atoms with Gasteiger partial charge in [-0.25, -0.2) is 14.4 Å². The number of ether oxygens (including phenoxy) is 1. The summed E-state index contributed by atoms with van der Waals surface area (Å²) in [6, 6.07) is 3.38. The minimum atomic E-state index is -0.824. The summed E-state index contributed by atoms with van der Waals surface area (Å²) in [5.74, 6) is 0.0687. The highest BCUT2D eigenvalue weighted by atomic mass is 32.2. The second kappa shape index (κ2) is 8.75. The molecule has 3 N–H and O–H groups in total. The van der Waals surface area contributed by atoms with Crippen LogP contribution in [0.1, 0.15) is 23.1 Å². The molecule has 0 bridgehead atoms. The van der Waals surface area contributed by atoms with Crippen molar-refractivity contribution in [1.29, 1.82) is 0 Å². The van der Waals surface area contributed by atoms with E-state index in [1.165, 1.54) is 6.07 Å². The van der Waals surface area contributed by atoms with Crippen LogP contribution in [0.3, 0.4) is 0 Å². The number of urea groups is 1. The van der Waals surface area contributed by atoms with Crippen LogP contribution in [0.25, 0.3) is 11.0 Å². The van der Waals surface area contributed by atoms with Gasteiger partial charge in [0.05, 0.1) is 0 Å². The lowest BCUT2D eigenvalue weighted by Gasteiger charge is -2.16. The molecule has 0 radical (unpaired) electrons. The molecule has 2 rings (SSSR count). The van der Waals surface area contributed by atoms with E-state index in [1.807, 2.05) is 26.2 Å². The van der Waals surface area contributed by atoms with Gasteiger partial charge >= 0.3 is 17.6 Å². The molecule has 1 aromatic carbocycles. The van der Waals surface area contributed by atoms with Gasteiger partial charge in [0.25, 0.3) is 0 Å². The van der Waals surface area contributed by atoms with Crippen LogP contribution in [0.15, 0.2) is 27.4 Å². The zero-order chi connectivity index (χ0) is 19.3. The molecule has 1 heterocycles. The first kappa shape index (κ1) is 19.8. The molecule has 2 amide bonds. The fraction of sp³-hybridized carbons (Fsp3) is 0.389. The van der Waals surface area contributed by atoms with Crippen molar-refractivity contribution in [2.45, 2.75) is 32.9 Å². The molecule has 0 spiro atoms. The van der Waals surface area contributed by atoms with Crippen molar-refractivity contribution in [3.05, 3.63) is 45.3 Å². The van der Waals surface area contributed by atoms with Gasteiger partial charge in [0, 0.05) is 17.0 Å². The highest BCUT2D eigenvalue weighted by molar-refractivity contribution is 7.98. The Labute approximate surface area is 155 Å². The summed E-state index contributed by atoms with van der Waals surface area (Å²) < 4.78 is 10.5. The Bertz CT molecular complexity index is 878. The molecule has 8 heteroatoms. The van der Waals surface area contributed by atoms with Gasteiger partial charge in [-0.1, -0.05) is 0 Å². The molecule has 7 nitrogen and oxygen atoms in total. The maximum Gasteiger partial charge on any atom is 0.336 e. The number of esters is 1. The summed E-state index contributed by atoms with van der Waals surface area (Å²) in [4.78, 5) is 35.2. The number of carbonyl (C=O) groups excluding carboxylic acids is 2. The maximum absolute atomic E-state index is 12.3. The summed E-state index contributed by atoms with van der Waals surface area (Å²) in [5, 5.41) is 3.10. The van der Waals surface area contributed by atoms with Gasteiger partial charge in [0.15, 0.2) is 0 Å². The number of nitrogens with one attached hydrogen (secondary N) is 1. The molecule has 0 fully saturated rings. The fourth-order valence-corrected chi connectivity index (χ4v) is 2.98. The molecule has 1 atom stereocenters. The number of primary amides is 1. The molecular formula is C18H22N2O5S. The van der Waals surface area contributed by atoms with Crippen LogP contribution >= 0.6 is 11.8 Å². The predicted molar refractivity (Wildman–Crippen MR) is 101 cm³/mol. The summed E-state index contributed by atoms with van der Waals surface area (Å²) >= 11 is 1.54. The van der Waals surface area contributed by atoms with Crippen LogP contribution in [0.2, 0.25) is 0 Å². The van der Waals surface area contributed by atoms with E-state index in [0.717, 1.165) is 11.1 Å². The lowest BCUT2D eigenvalue weighted by molar-refractivity contribution is -0.147. The molecule has 0 aliphatic rings. The molecule has 2 aromatic rings. The fourth-order valence-electron chi connectivity index (χ4n) is 2.51. The molecule has 0 aliphatic carbocycles. The molecule has 0 saturated carbocycles. The normalized spacial score (nSPS) is 12.0. The number of carbonyl (C=O) groups is 2. The summed E-state index contributed by atoms with van der Waals surface area (Å²) in [6.07, 6.45) is 2.30. The van der Waals surface area contributed by atoms with E-state index >= 15 is 0 Å². The minimum Gasteiger partial charge on any atom is -0.459 e. The van der Waals surface area contributed by atoms with Crippen LogP contribution in [0.5, 0.6) is 0 Å². The lowest BCUT2D eigenvalue weighted by Crippen LogP contribution is -2.44. The average molecular weight is 378 g/mol. The maximum atomic E-state index is 12.3. The van der Waals surface area contributed by atoms with Crippen molar-refractivity contribution in [2.24, 2.45) is 5.73 Å². The van der Waals surface area contributed by atoms with Crippen LogP contribution in [0, 0.1) is 13.8 Å². The third-order valence-corrected chi connectivity index (χ3v) is 4.67. The number of nitrogens with two attached hydrogens (primary N) is 1. The second-order valence-electron chi connectivity index (χ2n) is 5.97. The van der Waals surface area contributed by atoms with Crippen LogP contribution in [0.4, 0.5) is 4.79 Å². The topological polar surface area (TPSA) is 112 Å². The Kier molecular flexibility index (Phi) is 6.68. The largest absolute Gasteiger partial charge is 0.459 e. The first-order valence-electron chi connectivity index (χ1n) is 8.07. The van der Waals surface area contributed by atoms with Crippen molar-refractivity contribution >= 4 is 34.7 Å². The Balaban J connectivity index is 2.22. The number of thioether (sulfide) groups is 1. The quantitative estimate of drug-likeness (QED) is 0.564. The molecule has 1 aromatic heterocycles. The van der Waals surface area contributed by atoms with Crippen molar-refractivity contribution in [1.82, 2.24) is 5.32 Å². The molecule has 0 unspecified atom stereocenters. The van der Waals surface area contributed by atoms with E-state index in [2.05, 4.69) is 5.32 Å². The van der Waals surface area contributed by atoms with E-state index < -0.39 is 23.7 Å². The Morgan fingerprint density at radius 3 is 2.62 bits per heavy atom. The molecular weight excluding hydrogens is 356 g/mol. The van der Waals surface area contributed by atoms with Crippen molar-refractivity contribution < 1.29 is 18.7 Å². The van der Waals surface area contributed by atoms with E-state index in [4.69, 9.17) is 14.9 Å². The van der Waals surface area contributed by atoms with Gasteiger partial charge in [-0.3, -0.25) is 0 Å². The number of hydrogen-bond donors (Lipinski definition) is 2. The molecule has 0 saturated heterocycles.